The Kier molecular flexibility index (Phi) is 8.45. The molecule has 0 aliphatic rings. The fourth-order valence-corrected chi connectivity index (χ4v) is 2.92. The molecule has 0 radical (unpaired) electrons. The van der Waals surface area contributed by atoms with E-state index in [-0.39, 0.29) is 6.54 Å². The lowest BCUT2D eigenvalue weighted by molar-refractivity contribution is 0.0657. The summed E-state index contributed by atoms with van der Waals surface area (Å²) in [5.74, 6) is 2.27. The summed E-state index contributed by atoms with van der Waals surface area (Å²) >= 11 is 0. The van der Waals surface area contributed by atoms with E-state index in [0.717, 1.165) is 49.2 Å². The maximum Gasteiger partial charge on any atom is 0.191 e. The highest BCUT2D eigenvalue weighted by Crippen LogP contribution is 2.27. The molecule has 6 nitrogen and oxygen atoms in total. The predicted molar refractivity (Wildman–Crippen MR) is 104 cm³/mol. The van der Waals surface area contributed by atoms with Gasteiger partial charge >= 0.3 is 0 Å². The average Bonchev–Trinajstić information content (AvgIpc) is 2.88. The van der Waals surface area contributed by atoms with Gasteiger partial charge in [-0.1, -0.05) is 6.92 Å². The number of furan rings is 1. The zero-order chi connectivity index (χ0) is 19.0. The van der Waals surface area contributed by atoms with Gasteiger partial charge in [-0.05, 0) is 54.2 Å². The molecule has 0 bridgehead atoms. The van der Waals surface area contributed by atoms with E-state index in [0.29, 0.717) is 6.04 Å². The van der Waals surface area contributed by atoms with Crippen molar-refractivity contribution in [1.29, 1.82) is 0 Å². The summed E-state index contributed by atoms with van der Waals surface area (Å²) in [6.07, 6.45) is 0. The van der Waals surface area contributed by atoms with E-state index in [1.54, 1.807) is 6.92 Å². The Hall–Kier alpha value is -1.53. The van der Waals surface area contributed by atoms with Crippen molar-refractivity contribution in [2.45, 2.75) is 60.1 Å². The van der Waals surface area contributed by atoms with Crippen molar-refractivity contribution in [1.82, 2.24) is 15.5 Å². The van der Waals surface area contributed by atoms with Crippen molar-refractivity contribution in [3.8, 4) is 0 Å². The van der Waals surface area contributed by atoms with Crippen LogP contribution in [-0.2, 0) is 5.60 Å². The standard InChI is InChI=1S/C19H36N4O2/c1-8-20-18(21-10-11-23(9-2)14(3)4)22-13-19(7,24)17-12-15(5)25-16(17)6/h12,14,24H,8-11,13H2,1-7H3,(H2,20,21,22). The number of hydrogen-bond donors (Lipinski definition) is 3. The molecule has 144 valence electrons. The van der Waals surface area contributed by atoms with Gasteiger partial charge < -0.3 is 20.2 Å². The quantitative estimate of drug-likeness (QED) is 0.470. The minimum absolute atomic E-state index is 0.268. The minimum Gasteiger partial charge on any atom is -0.466 e. The Morgan fingerprint density at radius 1 is 1.32 bits per heavy atom. The lowest BCUT2D eigenvalue weighted by Gasteiger charge is -2.25. The molecule has 0 saturated heterocycles. The van der Waals surface area contributed by atoms with Crippen LogP contribution in [0.25, 0.3) is 0 Å². The van der Waals surface area contributed by atoms with Gasteiger partial charge in [0.2, 0.25) is 0 Å². The van der Waals surface area contributed by atoms with E-state index >= 15 is 0 Å². The molecule has 25 heavy (non-hydrogen) atoms. The van der Waals surface area contributed by atoms with Gasteiger partial charge in [-0.25, -0.2) is 4.99 Å². The summed E-state index contributed by atoms with van der Waals surface area (Å²) < 4.78 is 5.54. The Bertz CT molecular complexity index is 550. The highest BCUT2D eigenvalue weighted by Gasteiger charge is 2.27. The van der Waals surface area contributed by atoms with Gasteiger partial charge in [-0.3, -0.25) is 4.90 Å². The number of aliphatic hydroxyl groups is 1. The number of hydrogen-bond acceptors (Lipinski definition) is 4. The second-order valence-electron chi connectivity index (χ2n) is 6.95. The normalized spacial score (nSPS) is 14.9. The summed E-state index contributed by atoms with van der Waals surface area (Å²) in [5, 5.41) is 17.4. The van der Waals surface area contributed by atoms with Gasteiger partial charge in [0.25, 0.3) is 0 Å². The molecular formula is C19H36N4O2. The first-order chi connectivity index (χ1) is 11.7. The van der Waals surface area contributed by atoms with Crippen LogP contribution < -0.4 is 10.6 Å². The van der Waals surface area contributed by atoms with Gasteiger partial charge in [-0.2, -0.15) is 0 Å². The Balaban J connectivity index is 2.69. The molecule has 0 aliphatic carbocycles. The van der Waals surface area contributed by atoms with Crippen LogP contribution in [-0.4, -0.2) is 54.7 Å². The topological polar surface area (TPSA) is 73.0 Å². The lowest BCUT2D eigenvalue weighted by Crippen LogP contribution is -2.43. The van der Waals surface area contributed by atoms with E-state index in [1.807, 2.05) is 26.8 Å². The molecule has 1 atom stereocenters. The van der Waals surface area contributed by atoms with E-state index in [1.165, 1.54) is 0 Å². The summed E-state index contributed by atoms with van der Waals surface area (Å²) in [7, 11) is 0. The zero-order valence-electron chi connectivity index (χ0n) is 16.9. The number of likely N-dealkylation sites (N-methyl/N-ethyl adjacent to an activating group) is 1. The molecule has 1 heterocycles. The van der Waals surface area contributed by atoms with E-state index < -0.39 is 5.60 Å². The van der Waals surface area contributed by atoms with Gasteiger partial charge in [0, 0.05) is 31.2 Å². The van der Waals surface area contributed by atoms with Gasteiger partial charge in [0.05, 0.1) is 6.54 Å². The smallest absolute Gasteiger partial charge is 0.191 e. The number of nitrogens with zero attached hydrogens (tertiary/aromatic N) is 2. The first-order valence-electron chi connectivity index (χ1n) is 9.27. The molecule has 1 unspecified atom stereocenters. The second-order valence-corrected chi connectivity index (χ2v) is 6.95. The summed E-state index contributed by atoms with van der Waals surface area (Å²) in [6.45, 7) is 18.0. The van der Waals surface area contributed by atoms with Gasteiger partial charge in [-0.15, -0.1) is 0 Å². The number of nitrogens with one attached hydrogen (secondary N) is 2. The molecule has 0 amide bonds. The van der Waals surface area contributed by atoms with Crippen molar-refractivity contribution in [3.63, 3.8) is 0 Å². The van der Waals surface area contributed by atoms with Crippen LogP contribution in [0.1, 0.15) is 51.7 Å². The van der Waals surface area contributed by atoms with Crippen LogP contribution >= 0.6 is 0 Å². The van der Waals surface area contributed by atoms with Gasteiger partial charge in [0.1, 0.15) is 17.1 Å². The Labute approximate surface area is 152 Å². The molecular weight excluding hydrogens is 316 g/mol. The third-order valence-electron chi connectivity index (χ3n) is 4.34. The van der Waals surface area contributed by atoms with E-state index in [9.17, 15) is 5.11 Å². The molecule has 6 heteroatoms. The highest BCUT2D eigenvalue weighted by atomic mass is 16.3. The Morgan fingerprint density at radius 2 is 2.00 bits per heavy atom. The SMILES string of the molecule is CCNC(=NCC(C)(O)c1cc(C)oc1C)NCCN(CC)C(C)C. The molecule has 0 fully saturated rings. The fraction of sp³-hybridized carbons (Fsp3) is 0.737. The summed E-state index contributed by atoms with van der Waals surface area (Å²) in [5.41, 5.74) is -0.265. The van der Waals surface area contributed by atoms with Crippen molar-refractivity contribution in [2.24, 2.45) is 4.99 Å². The van der Waals surface area contributed by atoms with Crippen LogP contribution in [0, 0.1) is 13.8 Å². The second kappa shape index (κ2) is 9.82. The average molecular weight is 353 g/mol. The van der Waals surface area contributed by atoms with Crippen LogP contribution in [0.3, 0.4) is 0 Å². The zero-order valence-corrected chi connectivity index (χ0v) is 16.9. The van der Waals surface area contributed by atoms with Crippen molar-refractivity contribution >= 4 is 5.96 Å². The third-order valence-corrected chi connectivity index (χ3v) is 4.34. The van der Waals surface area contributed by atoms with E-state index in [2.05, 4.69) is 41.3 Å². The summed E-state index contributed by atoms with van der Waals surface area (Å²) in [6, 6.07) is 2.41. The third kappa shape index (κ3) is 6.71. The van der Waals surface area contributed by atoms with E-state index in [4.69, 9.17) is 4.42 Å². The molecule has 0 spiro atoms. The molecule has 3 N–H and O–H groups in total. The Morgan fingerprint density at radius 3 is 2.48 bits per heavy atom. The van der Waals surface area contributed by atoms with Crippen molar-refractivity contribution < 1.29 is 9.52 Å². The number of guanidine groups is 1. The number of rotatable bonds is 9. The van der Waals surface area contributed by atoms with Crippen molar-refractivity contribution in [2.75, 3.05) is 32.7 Å². The molecule has 1 aromatic rings. The van der Waals surface area contributed by atoms with Gasteiger partial charge in [0.15, 0.2) is 5.96 Å². The molecule has 0 aromatic carbocycles. The fourth-order valence-electron chi connectivity index (χ4n) is 2.92. The largest absolute Gasteiger partial charge is 0.466 e. The van der Waals surface area contributed by atoms with Crippen LogP contribution in [0.15, 0.2) is 15.5 Å². The highest BCUT2D eigenvalue weighted by molar-refractivity contribution is 5.79. The minimum atomic E-state index is -1.06. The number of aliphatic imine (C=N–C) groups is 1. The molecule has 0 aliphatic heterocycles. The molecule has 1 aromatic heterocycles. The maximum atomic E-state index is 10.8. The first-order valence-corrected chi connectivity index (χ1v) is 9.27. The van der Waals surface area contributed by atoms with Crippen molar-refractivity contribution in [3.05, 3.63) is 23.2 Å². The molecule has 0 saturated carbocycles. The number of aryl methyl sites for hydroxylation is 2. The predicted octanol–water partition coefficient (Wildman–Crippen LogP) is 2.39. The van der Waals surface area contributed by atoms with Crippen LogP contribution in [0.2, 0.25) is 0 Å². The summed E-state index contributed by atoms with van der Waals surface area (Å²) in [4.78, 5) is 6.96. The van der Waals surface area contributed by atoms with Crippen LogP contribution in [0.5, 0.6) is 0 Å². The monoisotopic (exact) mass is 352 g/mol. The maximum absolute atomic E-state index is 10.8. The first kappa shape index (κ1) is 21.5. The lowest BCUT2D eigenvalue weighted by atomic mass is 9.96. The molecule has 1 rings (SSSR count). The van der Waals surface area contributed by atoms with Crippen LogP contribution in [0.4, 0.5) is 0 Å².